The van der Waals surface area contributed by atoms with E-state index in [1.807, 2.05) is 23.1 Å². The standard InChI is InChI=1S/C21H26N4O5/c1-3-30-21(28)19-20(23-16-8-5-4-7-15(16)22-19)25-13-11-24(12-14-25)17(26)9-6-10-18(27)29-2/h4-5,7-8H,3,6,9-14H2,1-2H3. The molecule has 1 amide bonds. The van der Waals surface area contributed by atoms with E-state index < -0.39 is 5.97 Å². The highest BCUT2D eigenvalue weighted by molar-refractivity contribution is 5.95. The van der Waals surface area contributed by atoms with E-state index in [0.29, 0.717) is 55.9 Å². The molecule has 0 atom stereocenters. The SMILES string of the molecule is CCOC(=O)c1nc2ccccc2nc1N1CCN(C(=O)CCCC(=O)OC)CC1. The number of carbonyl (C=O) groups excluding carboxylic acids is 3. The Morgan fingerprint density at radius 1 is 1.00 bits per heavy atom. The first-order chi connectivity index (χ1) is 14.5. The first kappa shape index (κ1) is 21.5. The van der Waals surface area contributed by atoms with Crippen molar-refractivity contribution in [2.45, 2.75) is 26.2 Å². The maximum atomic E-state index is 12.5. The van der Waals surface area contributed by atoms with Crippen LogP contribution in [0.3, 0.4) is 0 Å². The molecule has 0 radical (unpaired) electrons. The molecule has 1 aliphatic heterocycles. The maximum absolute atomic E-state index is 12.5. The molecular weight excluding hydrogens is 388 g/mol. The summed E-state index contributed by atoms with van der Waals surface area (Å²) in [4.78, 5) is 48.9. The molecule has 2 heterocycles. The summed E-state index contributed by atoms with van der Waals surface area (Å²) >= 11 is 0. The van der Waals surface area contributed by atoms with Crippen LogP contribution in [0.15, 0.2) is 24.3 Å². The predicted molar refractivity (Wildman–Crippen MR) is 110 cm³/mol. The third-order valence-corrected chi connectivity index (χ3v) is 4.95. The molecule has 1 aromatic heterocycles. The third-order valence-electron chi connectivity index (χ3n) is 4.95. The molecule has 1 aliphatic rings. The topological polar surface area (TPSA) is 102 Å². The third kappa shape index (κ3) is 5.03. The van der Waals surface area contributed by atoms with E-state index in [-0.39, 0.29) is 30.6 Å². The number of para-hydroxylation sites is 2. The Labute approximate surface area is 175 Å². The molecule has 0 spiro atoms. The molecule has 1 saturated heterocycles. The smallest absolute Gasteiger partial charge is 0.360 e. The van der Waals surface area contributed by atoms with Crippen LogP contribution < -0.4 is 4.90 Å². The van der Waals surface area contributed by atoms with E-state index in [4.69, 9.17) is 4.74 Å². The quantitative estimate of drug-likeness (QED) is 0.632. The van der Waals surface area contributed by atoms with Crippen LogP contribution >= 0.6 is 0 Å². The van der Waals surface area contributed by atoms with Crippen LogP contribution in [0, 0.1) is 0 Å². The molecule has 9 nitrogen and oxygen atoms in total. The van der Waals surface area contributed by atoms with Crippen molar-refractivity contribution in [2.75, 3.05) is 44.8 Å². The van der Waals surface area contributed by atoms with E-state index in [1.54, 1.807) is 17.9 Å². The van der Waals surface area contributed by atoms with Gasteiger partial charge in [-0.15, -0.1) is 0 Å². The van der Waals surface area contributed by atoms with Crippen molar-refractivity contribution in [1.82, 2.24) is 14.9 Å². The summed E-state index contributed by atoms with van der Waals surface area (Å²) in [5.41, 5.74) is 1.51. The van der Waals surface area contributed by atoms with Gasteiger partial charge in [-0.25, -0.2) is 14.8 Å². The Hall–Kier alpha value is -3.23. The maximum Gasteiger partial charge on any atom is 0.360 e. The van der Waals surface area contributed by atoms with E-state index in [2.05, 4.69) is 14.7 Å². The molecular formula is C21H26N4O5. The second-order valence-corrected chi connectivity index (χ2v) is 6.90. The van der Waals surface area contributed by atoms with Crippen LogP contribution in [0.4, 0.5) is 5.82 Å². The number of benzene rings is 1. The molecule has 0 unspecified atom stereocenters. The Balaban J connectivity index is 1.70. The highest BCUT2D eigenvalue weighted by Gasteiger charge is 2.27. The van der Waals surface area contributed by atoms with Crippen LogP contribution in [0.25, 0.3) is 11.0 Å². The summed E-state index contributed by atoms with van der Waals surface area (Å²) in [6.07, 6.45) is 1.01. The van der Waals surface area contributed by atoms with Crippen molar-refractivity contribution in [3.05, 3.63) is 30.0 Å². The van der Waals surface area contributed by atoms with Crippen molar-refractivity contribution in [1.29, 1.82) is 0 Å². The van der Waals surface area contributed by atoms with Crippen molar-refractivity contribution in [3.63, 3.8) is 0 Å². The molecule has 0 saturated carbocycles. The van der Waals surface area contributed by atoms with E-state index in [0.717, 1.165) is 0 Å². The van der Waals surface area contributed by atoms with Crippen LogP contribution in [-0.4, -0.2) is 72.6 Å². The zero-order valence-electron chi connectivity index (χ0n) is 17.3. The fourth-order valence-electron chi connectivity index (χ4n) is 3.36. The molecule has 30 heavy (non-hydrogen) atoms. The molecule has 160 valence electrons. The Morgan fingerprint density at radius 3 is 2.30 bits per heavy atom. The lowest BCUT2D eigenvalue weighted by Crippen LogP contribution is -2.49. The van der Waals surface area contributed by atoms with Gasteiger partial charge >= 0.3 is 11.9 Å². The number of esters is 2. The van der Waals surface area contributed by atoms with Crippen LogP contribution in [0.5, 0.6) is 0 Å². The average molecular weight is 414 g/mol. The number of ether oxygens (including phenoxy) is 2. The number of hydrogen-bond acceptors (Lipinski definition) is 8. The highest BCUT2D eigenvalue weighted by atomic mass is 16.5. The second kappa shape index (κ2) is 10.00. The minimum Gasteiger partial charge on any atom is -0.469 e. The summed E-state index contributed by atoms with van der Waals surface area (Å²) in [7, 11) is 1.34. The monoisotopic (exact) mass is 414 g/mol. The lowest BCUT2D eigenvalue weighted by molar-refractivity contribution is -0.140. The molecule has 1 aromatic carbocycles. The minimum atomic E-state index is -0.507. The van der Waals surface area contributed by atoms with Gasteiger partial charge in [-0.05, 0) is 25.5 Å². The largest absolute Gasteiger partial charge is 0.469 e. The van der Waals surface area contributed by atoms with Gasteiger partial charge in [0.15, 0.2) is 11.5 Å². The first-order valence-electron chi connectivity index (χ1n) is 10.1. The first-order valence-corrected chi connectivity index (χ1v) is 10.1. The number of amides is 1. The summed E-state index contributed by atoms with van der Waals surface area (Å²) in [6.45, 7) is 4.07. The zero-order chi connectivity index (χ0) is 21.5. The van der Waals surface area contributed by atoms with Crippen molar-refractivity contribution < 1.29 is 23.9 Å². The Bertz CT molecular complexity index is 925. The number of methoxy groups -OCH3 is 1. The molecule has 1 fully saturated rings. The second-order valence-electron chi connectivity index (χ2n) is 6.90. The van der Waals surface area contributed by atoms with E-state index in [9.17, 15) is 14.4 Å². The number of nitrogens with zero attached hydrogens (tertiary/aromatic N) is 4. The van der Waals surface area contributed by atoms with Crippen LogP contribution in [0.1, 0.15) is 36.7 Å². The van der Waals surface area contributed by atoms with E-state index >= 15 is 0 Å². The van der Waals surface area contributed by atoms with Gasteiger partial charge in [-0.3, -0.25) is 9.59 Å². The minimum absolute atomic E-state index is 0.00812. The molecule has 3 rings (SSSR count). The predicted octanol–water partition coefficient (Wildman–Crippen LogP) is 1.80. The zero-order valence-corrected chi connectivity index (χ0v) is 17.3. The summed E-state index contributed by atoms with van der Waals surface area (Å²) < 4.78 is 9.77. The number of hydrogen-bond donors (Lipinski definition) is 0. The van der Waals surface area contributed by atoms with Crippen molar-refractivity contribution >= 4 is 34.7 Å². The number of carbonyl (C=O) groups is 3. The fourth-order valence-corrected chi connectivity index (χ4v) is 3.36. The van der Waals surface area contributed by atoms with Crippen molar-refractivity contribution in [2.24, 2.45) is 0 Å². The number of rotatable bonds is 7. The van der Waals surface area contributed by atoms with Crippen molar-refractivity contribution in [3.8, 4) is 0 Å². The number of piperazine rings is 1. The van der Waals surface area contributed by atoms with Gasteiger partial charge in [0.25, 0.3) is 0 Å². The fraction of sp³-hybridized carbons (Fsp3) is 0.476. The average Bonchev–Trinajstić information content (AvgIpc) is 2.78. The molecule has 0 N–H and O–H groups in total. The Kier molecular flexibility index (Phi) is 7.16. The van der Waals surface area contributed by atoms with E-state index in [1.165, 1.54) is 7.11 Å². The highest BCUT2D eigenvalue weighted by Crippen LogP contribution is 2.23. The summed E-state index contributed by atoms with van der Waals surface area (Å²) in [5, 5.41) is 0. The number of anilines is 1. The number of aromatic nitrogens is 2. The van der Waals surface area contributed by atoms with Gasteiger partial charge in [0.1, 0.15) is 0 Å². The lowest BCUT2D eigenvalue weighted by Gasteiger charge is -2.36. The van der Waals surface area contributed by atoms with Gasteiger partial charge < -0.3 is 19.3 Å². The molecule has 2 aromatic rings. The molecule has 0 aliphatic carbocycles. The Morgan fingerprint density at radius 2 is 1.67 bits per heavy atom. The molecule has 0 bridgehead atoms. The molecule has 9 heteroatoms. The summed E-state index contributed by atoms with van der Waals surface area (Å²) in [5.74, 6) is -0.334. The van der Waals surface area contributed by atoms with Gasteiger partial charge in [-0.1, -0.05) is 12.1 Å². The van der Waals surface area contributed by atoms with Crippen LogP contribution in [-0.2, 0) is 19.1 Å². The number of fused-ring (bicyclic) bond motifs is 1. The van der Waals surface area contributed by atoms with Gasteiger partial charge in [0.2, 0.25) is 5.91 Å². The van der Waals surface area contributed by atoms with Gasteiger partial charge in [0.05, 0.1) is 24.8 Å². The normalized spacial score (nSPS) is 13.9. The van der Waals surface area contributed by atoms with Gasteiger partial charge in [-0.2, -0.15) is 0 Å². The van der Waals surface area contributed by atoms with Crippen LogP contribution in [0.2, 0.25) is 0 Å². The van der Waals surface area contributed by atoms with Gasteiger partial charge in [0, 0.05) is 39.0 Å². The lowest BCUT2D eigenvalue weighted by atomic mass is 10.2. The summed E-state index contributed by atoms with van der Waals surface area (Å²) in [6, 6.07) is 7.37.